The van der Waals surface area contributed by atoms with Crippen molar-refractivity contribution < 1.29 is 13.9 Å². The van der Waals surface area contributed by atoms with E-state index in [1.165, 1.54) is 18.2 Å². The Morgan fingerprint density at radius 1 is 1.26 bits per heavy atom. The predicted octanol–water partition coefficient (Wildman–Crippen LogP) is 5.49. The highest BCUT2D eigenvalue weighted by atomic mass is 35.5. The minimum atomic E-state index is -0.425. The molecule has 0 bridgehead atoms. The van der Waals surface area contributed by atoms with E-state index < -0.39 is 5.97 Å². The molecule has 2 heterocycles. The van der Waals surface area contributed by atoms with Crippen LogP contribution in [0.25, 0.3) is 22.7 Å². The Hall–Kier alpha value is -2.66. The molecule has 27 heavy (non-hydrogen) atoms. The van der Waals surface area contributed by atoms with E-state index >= 15 is 0 Å². The van der Waals surface area contributed by atoms with Gasteiger partial charge in [-0.2, -0.15) is 5.10 Å². The molecule has 0 fully saturated rings. The summed E-state index contributed by atoms with van der Waals surface area (Å²) in [5, 5.41) is 5.15. The van der Waals surface area contributed by atoms with Gasteiger partial charge in [0.2, 0.25) is 0 Å². The minimum Gasteiger partial charge on any atom is -0.463 e. The normalized spacial score (nSPS) is 11.6. The van der Waals surface area contributed by atoms with Crippen LogP contribution in [0.4, 0.5) is 4.39 Å². The fourth-order valence-corrected chi connectivity index (χ4v) is 3.17. The lowest BCUT2D eigenvalue weighted by atomic mass is 9.94. The highest BCUT2D eigenvalue weighted by Gasteiger charge is 2.19. The zero-order chi connectivity index (χ0) is 19.6. The second-order valence-corrected chi connectivity index (χ2v) is 6.76. The number of aromatic nitrogens is 2. The Kier molecular flexibility index (Phi) is 5.61. The van der Waals surface area contributed by atoms with Gasteiger partial charge in [-0.15, -0.1) is 0 Å². The quantitative estimate of drug-likeness (QED) is 0.430. The van der Waals surface area contributed by atoms with Crippen LogP contribution in [0.3, 0.4) is 0 Å². The summed E-state index contributed by atoms with van der Waals surface area (Å²) in [7, 11) is 0. The van der Waals surface area contributed by atoms with Crippen molar-refractivity contribution in [3.63, 3.8) is 0 Å². The van der Waals surface area contributed by atoms with E-state index in [1.807, 2.05) is 19.9 Å². The number of esters is 1. The van der Waals surface area contributed by atoms with Crippen LogP contribution >= 0.6 is 11.6 Å². The number of carbonyl (C=O) groups excluding carboxylic acids is 1. The molecule has 0 aliphatic heterocycles. The zero-order valence-electron chi connectivity index (χ0n) is 15.4. The third-order valence-electron chi connectivity index (χ3n) is 4.17. The molecule has 0 unspecified atom stereocenters. The summed E-state index contributed by atoms with van der Waals surface area (Å²) in [6, 6.07) is 9.85. The van der Waals surface area contributed by atoms with Gasteiger partial charge in [-0.1, -0.05) is 37.6 Å². The van der Waals surface area contributed by atoms with E-state index in [-0.39, 0.29) is 11.7 Å². The third-order valence-corrected chi connectivity index (χ3v) is 4.46. The third kappa shape index (κ3) is 3.88. The van der Waals surface area contributed by atoms with Gasteiger partial charge in [-0.25, -0.2) is 13.7 Å². The lowest BCUT2D eigenvalue weighted by Crippen LogP contribution is -2.07. The van der Waals surface area contributed by atoms with Crippen molar-refractivity contribution in [2.75, 3.05) is 6.61 Å². The van der Waals surface area contributed by atoms with Gasteiger partial charge >= 0.3 is 5.97 Å². The average molecular weight is 387 g/mol. The highest BCUT2D eigenvalue weighted by Crippen LogP contribution is 2.35. The van der Waals surface area contributed by atoms with Gasteiger partial charge in [0.05, 0.1) is 17.8 Å². The van der Waals surface area contributed by atoms with E-state index in [9.17, 15) is 9.18 Å². The van der Waals surface area contributed by atoms with E-state index in [4.69, 9.17) is 16.3 Å². The molecule has 0 aliphatic carbocycles. The molecule has 0 saturated heterocycles. The van der Waals surface area contributed by atoms with Gasteiger partial charge in [0, 0.05) is 17.2 Å². The summed E-state index contributed by atoms with van der Waals surface area (Å²) in [4.78, 5) is 11.9. The molecule has 4 nitrogen and oxygen atoms in total. The number of nitrogens with zero attached hydrogens (tertiary/aromatic N) is 2. The molecule has 6 heteroatoms. The lowest BCUT2D eigenvalue weighted by Gasteiger charge is -2.16. The number of halogens is 2. The molecule has 2 aromatic heterocycles. The van der Waals surface area contributed by atoms with Crippen LogP contribution in [0, 0.1) is 5.82 Å². The van der Waals surface area contributed by atoms with Crippen molar-refractivity contribution in [2.24, 2.45) is 0 Å². The molecule has 0 saturated carbocycles. The first kappa shape index (κ1) is 19.1. The summed E-state index contributed by atoms with van der Waals surface area (Å²) < 4.78 is 20.1. The first-order valence-electron chi connectivity index (χ1n) is 8.74. The number of benzene rings is 1. The number of ether oxygens (including phenoxy) is 1. The Morgan fingerprint density at radius 3 is 2.59 bits per heavy atom. The Bertz CT molecular complexity index is 1010. The van der Waals surface area contributed by atoms with Gasteiger partial charge < -0.3 is 4.74 Å². The van der Waals surface area contributed by atoms with Gasteiger partial charge in [-0.3, -0.25) is 0 Å². The van der Waals surface area contributed by atoms with E-state index in [1.54, 1.807) is 35.7 Å². The van der Waals surface area contributed by atoms with Gasteiger partial charge in [0.25, 0.3) is 0 Å². The van der Waals surface area contributed by atoms with E-state index in [0.29, 0.717) is 11.8 Å². The van der Waals surface area contributed by atoms with Gasteiger partial charge in [0.15, 0.2) is 0 Å². The summed E-state index contributed by atoms with van der Waals surface area (Å²) in [5.41, 5.74) is 3.98. The first-order valence-corrected chi connectivity index (χ1v) is 9.12. The Labute approximate surface area is 162 Å². The maximum absolute atomic E-state index is 13.5. The van der Waals surface area contributed by atoms with Crippen molar-refractivity contribution in [3.05, 3.63) is 64.7 Å². The molecule has 140 valence electrons. The average Bonchev–Trinajstić information content (AvgIpc) is 3.00. The predicted molar refractivity (Wildman–Crippen MR) is 105 cm³/mol. The summed E-state index contributed by atoms with van der Waals surface area (Å²) in [6.07, 6.45) is 3.10. The standard InChI is InChI=1S/C21H20ClFN2O2/c1-4-27-19(26)12-9-16-20(14-5-7-15(23)8-6-14)17-10-11-18(22)25(17)24-21(16)13(2)3/h5-13H,4H2,1-3H3. The number of rotatable bonds is 5. The van der Waals surface area contributed by atoms with Crippen molar-refractivity contribution in [2.45, 2.75) is 26.7 Å². The fraction of sp³-hybridized carbons (Fsp3) is 0.238. The van der Waals surface area contributed by atoms with E-state index in [2.05, 4.69) is 5.10 Å². The van der Waals surface area contributed by atoms with Crippen LogP contribution in [-0.4, -0.2) is 22.2 Å². The van der Waals surface area contributed by atoms with Crippen molar-refractivity contribution in [1.29, 1.82) is 0 Å². The lowest BCUT2D eigenvalue weighted by molar-refractivity contribution is -0.137. The van der Waals surface area contributed by atoms with Crippen molar-refractivity contribution in [1.82, 2.24) is 9.61 Å². The maximum atomic E-state index is 13.5. The largest absolute Gasteiger partial charge is 0.463 e. The minimum absolute atomic E-state index is 0.0777. The zero-order valence-corrected chi connectivity index (χ0v) is 16.1. The van der Waals surface area contributed by atoms with E-state index in [0.717, 1.165) is 27.9 Å². The van der Waals surface area contributed by atoms with Crippen molar-refractivity contribution >= 4 is 29.2 Å². The van der Waals surface area contributed by atoms with Crippen LogP contribution in [-0.2, 0) is 9.53 Å². The van der Waals surface area contributed by atoms with Crippen LogP contribution in [0.15, 0.2) is 42.5 Å². The Morgan fingerprint density at radius 2 is 1.96 bits per heavy atom. The summed E-state index contributed by atoms with van der Waals surface area (Å²) in [6.45, 7) is 6.09. The molecular formula is C21H20ClFN2O2. The second-order valence-electron chi connectivity index (χ2n) is 6.37. The Balaban J connectivity index is 2.32. The monoisotopic (exact) mass is 386 g/mol. The number of carbonyl (C=O) groups is 1. The van der Waals surface area contributed by atoms with Crippen molar-refractivity contribution in [3.8, 4) is 11.1 Å². The molecule has 0 radical (unpaired) electrons. The number of hydrogen-bond donors (Lipinski definition) is 0. The molecule has 0 atom stereocenters. The second kappa shape index (κ2) is 7.92. The SMILES string of the molecule is CCOC(=O)C=Cc1c(C(C)C)nn2c(Cl)ccc2c1-c1ccc(F)cc1. The van der Waals surface area contributed by atoms with Crippen LogP contribution < -0.4 is 0 Å². The molecular weight excluding hydrogens is 367 g/mol. The van der Waals surface area contributed by atoms with Gasteiger partial charge in [-0.05, 0) is 48.7 Å². The summed E-state index contributed by atoms with van der Waals surface area (Å²) >= 11 is 6.30. The molecule has 0 amide bonds. The molecule has 3 aromatic rings. The molecule has 3 rings (SSSR count). The van der Waals surface area contributed by atoms with Crippen LogP contribution in [0.5, 0.6) is 0 Å². The molecule has 1 aromatic carbocycles. The highest BCUT2D eigenvalue weighted by molar-refractivity contribution is 6.30. The fourth-order valence-electron chi connectivity index (χ4n) is 2.98. The van der Waals surface area contributed by atoms with Crippen LogP contribution in [0.1, 0.15) is 37.9 Å². The summed E-state index contributed by atoms with van der Waals surface area (Å²) in [5.74, 6) is -0.663. The topological polar surface area (TPSA) is 43.6 Å². The number of fused-ring (bicyclic) bond motifs is 1. The molecule has 0 N–H and O–H groups in total. The maximum Gasteiger partial charge on any atom is 0.330 e. The molecule has 0 aliphatic rings. The molecule has 0 spiro atoms. The van der Waals surface area contributed by atoms with Crippen LogP contribution in [0.2, 0.25) is 5.15 Å². The smallest absolute Gasteiger partial charge is 0.330 e. The van der Waals surface area contributed by atoms with Gasteiger partial charge in [0.1, 0.15) is 11.0 Å². The number of hydrogen-bond acceptors (Lipinski definition) is 3. The first-order chi connectivity index (χ1) is 12.9.